The number of nitriles is 2. The third-order valence-electron chi connectivity index (χ3n) is 2.19. The van der Waals surface area contributed by atoms with Crippen LogP contribution < -0.4 is 0 Å². The molecule has 0 N–H and O–H groups in total. The molecule has 1 aliphatic heterocycles. The number of rotatable bonds is 1. The van der Waals surface area contributed by atoms with Gasteiger partial charge in [0.25, 0.3) is 5.71 Å². The van der Waals surface area contributed by atoms with Crippen molar-refractivity contribution in [1.82, 2.24) is 4.90 Å². The van der Waals surface area contributed by atoms with Gasteiger partial charge in [0, 0.05) is 0 Å². The molecule has 1 saturated heterocycles. The van der Waals surface area contributed by atoms with E-state index in [9.17, 15) is 25.2 Å². The van der Waals surface area contributed by atoms with E-state index in [2.05, 4.69) is 5.16 Å². The van der Waals surface area contributed by atoms with Crippen molar-refractivity contribution < 1.29 is 34.6 Å². The SMILES string of the molecule is C[N+](C)=C(ON=C(C#N)C#N)N1CCCC1.F[P-](F)(F)(F)(F)F. The molecule has 1 heterocycles. The van der Waals surface area contributed by atoms with E-state index in [1.807, 2.05) is 19.0 Å². The molecule has 0 unspecified atom stereocenters. The minimum atomic E-state index is -10.7. The van der Waals surface area contributed by atoms with Crippen LogP contribution in [0.5, 0.6) is 0 Å². The van der Waals surface area contributed by atoms with Crippen LogP contribution in [-0.2, 0) is 4.84 Å². The number of nitrogens with zero attached hydrogens (tertiary/aromatic N) is 5. The van der Waals surface area contributed by atoms with Crippen LogP contribution in [0.4, 0.5) is 25.2 Å². The summed E-state index contributed by atoms with van der Waals surface area (Å²) in [6, 6.07) is 3.87. The van der Waals surface area contributed by atoms with Gasteiger partial charge in [0.05, 0.1) is 27.2 Å². The predicted octanol–water partition coefficient (Wildman–Crippen LogP) is 3.51. The normalized spacial score (nSPS) is 16.5. The van der Waals surface area contributed by atoms with Crippen molar-refractivity contribution in [3.05, 3.63) is 0 Å². The Balaban J connectivity index is 0.000000585. The molecule has 6 nitrogen and oxygen atoms in total. The first-order chi connectivity index (χ1) is 10.1. The van der Waals surface area contributed by atoms with Crippen LogP contribution >= 0.6 is 7.81 Å². The molecule has 0 radical (unpaired) electrons. The van der Waals surface area contributed by atoms with Gasteiger partial charge < -0.3 is 0 Å². The van der Waals surface area contributed by atoms with Crippen LogP contribution in [0.15, 0.2) is 5.16 Å². The van der Waals surface area contributed by atoms with Crippen LogP contribution in [0, 0.1) is 22.7 Å². The van der Waals surface area contributed by atoms with Crippen molar-refractivity contribution in [2.24, 2.45) is 5.16 Å². The van der Waals surface area contributed by atoms with Crippen molar-refractivity contribution in [3.63, 3.8) is 0 Å². The quantitative estimate of drug-likeness (QED) is 0.178. The second-order valence-electron chi connectivity index (χ2n) is 4.58. The van der Waals surface area contributed by atoms with Crippen molar-refractivity contribution in [1.29, 1.82) is 10.5 Å². The maximum atomic E-state index is 9.87. The first-order valence-electron chi connectivity index (χ1n) is 6.05. The molecule has 1 fully saturated rings. The molecule has 13 heteroatoms. The van der Waals surface area contributed by atoms with Gasteiger partial charge in [-0.15, -0.1) is 0 Å². The monoisotopic (exact) mass is 365 g/mol. The third-order valence-corrected chi connectivity index (χ3v) is 2.19. The Morgan fingerprint density at radius 3 is 1.74 bits per heavy atom. The molecule has 0 saturated carbocycles. The number of likely N-dealkylation sites (tertiary alicyclic amines) is 1. The second kappa shape index (κ2) is 6.59. The summed E-state index contributed by atoms with van der Waals surface area (Å²) in [5, 5.41) is 20.5. The van der Waals surface area contributed by atoms with E-state index >= 15 is 0 Å². The van der Waals surface area contributed by atoms with Crippen molar-refractivity contribution in [2.45, 2.75) is 12.8 Å². The van der Waals surface area contributed by atoms with E-state index in [-0.39, 0.29) is 5.71 Å². The van der Waals surface area contributed by atoms with Gasteiger partial charge in [0.1, 0.15) is 12.1 Å². The van der Waals surface area contributed by atoms with Gasteiger partial charge in [-0.05, 0) is 18.0 Å². The number of hydrogen-bond acceptors (Lipinski definition) is 4. The summed E-state index contributed by atoms with van der Waals surface area (Å²) < 4.78 is 61.0. The van der Waals surface area contributed by atoms with Gasteiger partial charge >= 0.3 is 39.0 Å². The maximum absolute atomic E-state index is 10.7. The fourth-order valence-electron chi connectivity index (χ4n) is 1.48. The van der Waals surface area contributed by atoms with E-state index in [4.69, 9.17) is 15.4 Å². The Morgan fingerprint density at radius 2 is 1.43 bits per heavy atom. The first-order valence-corrected chi connectivity index (χ1v) is 8.07. The molecule has 0 aromatic heterocycles. The molecule has 0 aliphatic carbocycles. The molecule has 23 heavy (non-hydrogen) atoms. The van der Waals surface area contributed by atoms with E-state index in [1.54, 1.807) is 16.7 Å². The number of halogens is 6. The second-order valence-corrected chi connectivity index (χ2v) is 6.50. The summed E-state index contributed by atoms with van der Waals surface area (Å²) in [6.07, 6.45) is 2.24. The van der Waals surface area contributed by atoms with Crippen LogP contribution in [0.1, 0.15) is 12.8 Å². The average Bonchev–Trinajstić information content (AvgIpc) is 2.84. The van der Waals surface area contributed by atoms with Crippen molar-refractivity contribution >= 4 is 19.5 Å². The zero-order valence-electron chi connectivity index (χ0n) is 12.2. The van der Waals surface area contributed by atoms with Crippen molar-refractivity contribution in [3.8, 4) is 12.1 Å². The molecule has 132 valence electrons. The molecule has 0 bridgehead atoms. The zero-order chi connectivity index (χ0) is 18.4. The fraction of sp³-hybridized carbons (Fsp3) is 0.600. The molecule has 1 rings (SSSR count). The van der Waals surface area contributed by atoms with Gasteiger partial charge in [-0.25, -0.2) is 9.48 Å². The zero-order valence-corrected chi connectivity index (χ0v) is 13.1. The molecule has 0 aromatic rings. The summed E-state index contributed by atoms with van der Waals surface area (Å²) in [5.74, 6) is 0. The van der Waals surface area contributed by atoms with Gasteiger partial charge in [-0.3, -0.25) is 4.84 Å². The Morgan fingerprint density at radius 1 is 1.04 bits per heavy atom. The summed E-state index contributed by atoms with van der Waals surface area (Å²) in [4.78, 5) is 7.18. The number of amidine groups is 1. The Kier molecular flexibility index (Phi) is 5.99. The summed E-state index contributed by atoms with van der Waals surface area (Å²) in [7, 11) is -6.99. The third kappa shape index (κ3) is 13.3. The van der Waals surface area contributed by atoms with E-state index in [0.29, 0.717) is 6.02 Å². The minimum absolute atomic E-state index is 0.279. The van der Waals surface area contributed by atoms with E-state index in [1.165, 1.54) is 0 Å². The van der Waals surface area contributed by atoms with Crippen molar-refractivity contribution in [2.75, 3.05) is 27.2 Å². The van der Waals surface area contributed by atoms with Gasteiger partial charge in [-0.2, -0.15) is 10.5 Å². The van der Waals surface area contributed by atoms with Gasteiger partial charge in [-0.1, -0.05) is 0 Å². The van der Waals surface area contributed by atoms with Gasteiger partial charge in [0.15, 0.2) is 0 Å². The fourth-order valence-corrected chi connectivity index (χ4v) is 1.48. The summed E-state index contributed by atoms with van der Waals surface area (Å²) >= 11 is 0. The first kappa shape index (κ1) is 20.9. The molecule has 0 atom stereocenters. The standard InChI is InChI=1S/C10H14N5O.F6P/c1-14(2)10(15-5-3-4-6-15)16-13-9(7-11)8-12;1-7(2,3,4,5)6/h3-6H2,1-2H3;/q+1;-1. The van der Waals surface area contributed by atoms with Gasteiger partial charge in [0.2, 0.25) is 0 Å². The molecule has 0 aromatic carbocycles. The molecule has 0 spiro atoms. The average molecular weight is 365 g/mol. The van der Waals surface area contributed by atoms with Crippen LogP contribution in [0.3, 0.4) is 0 Å². The summed E-state index contributed by atoms with van der Waals surface area (Å²) in [5.41, 5.74) is -0.279. The Hall–Kier alpha value is -2.07. The predicted molar refractivity (Wildman–Crippen MR) is 71.2 cm³/mol. The topological polar surface area (TPSA) is 75.4 Å². The van der Waals surface area contributed by atoms with E-state index in [0.717, 1.165) is 25.9 Å². The van der Waals surface area contributed by atoms with Crippen LogP contribution in [0.25, 0.3) is 0 Å². The number of hydrogen-bond donors (Lipinski definition) is 0. The van der Waals surface area contributed by atoms with E-state index < -0.39 is 7.81 Å². The molecule has 0 amide bonds. The summed E-state index contributed by atoms with van der Waals surface area (Å²) in [6.45, 7) is 1.83. The number of oxime groups is 1. The Labute approximate surface area is 128 Å². The molecule has 1 aliphatic rings. The van der Waals surface area contributed by atoms with Crippen LogP contribution in [0.2, 0.25) is 0 Å². The molecular formula is C10H14F6N5OP. The Bertz CT molecular complexity index is 548. The molecular weight excluding hydrogens is 351 g/mol. The van der Waals surface area contributed by atoms with Crippen LogP contribution in [-0.4, -0.2) is 48.4 Å².